The van der Waals surface area contributed by atoms with Crippen molar-refractivity contribution in [2.24, 2.45) is 0 Å². The Hall–Kier alpha value is -3.98. The minimum Gasteiger partial charge on any atom is -0.508 e. The van der Waals surface area contributed by atoms with Crippen molar-refractivity contribution in [2.75, 3.05) is 44.3 Å². The normalized spacial score (nSPS) is 25.1. The van der Waals surface area contributed by atoms with Crippen molar-refractivity contribution in [3.63, 3.8) is 0 Å². The number of likely N-dealkylation sites (tertiary alicyclic amines) is 1. The summed E-state index contributed by atoms with van der Waals surface area (Å²) in [7, 11) is 0. The molecule has 4 saturated heterocycles. The van der Waals surface area contributed by atoms with Gasteiger partial charge < -0.3 is 29.4 Å². The van der Waals surface area contributed by atoms with Gasteiger partial charge in [-0.2, -0.15) is 9.97 Å². The maximum absolute atomic E-state index is 14.7. The molecular weight excluding hydrogens is 537 g/mol. The average Bonchev–Trinajstić information content (AvgIpc) is 3.78. The minimum absolute atomic E-state index is 0.0770. The van der Waals surface area contributed by atoms with Gasteiger partial charge in [0.05, 0.1) is 31.1 Å². The Labute approximate surface area is 242 Å². The van der Waals surface area contributed by atoms with Crippen molar-refractivity contribution in [2.45, 2.75) is 50.0 Å². The van der Waals surface area contributed by atoms with Crippen molar-refractivity contribution in [3.05, 3.63) is 47.5 Å². The number of aromatic hydroxyl groups is 1. The van der Waals surface area contributed by atoms with E-state index >= 15 is 0 Å². The lowest BCUT2D eigenvalue weighted by atomic mass is 9.98. The van der Waals surface area contributed by atoms with E-state index in [1.165, 1.54) is 6.07 Å². The lowest BCUT2D eigenvalue weighted by Crippen LogP contribution is -2.51. The summed E-state index contributed by atoms with van der Waals surface area (Å²) in [6, 6.07) is 7.47. The lowest BCUT2D eigenvalue weighted by molar-refractivity contribution is 0.0256. The third-order valence-corrected chi connectivity index (χ3v) is 9.17. The molecular formula is C31H32FN7O3. The molecule has 0 radical (unpaired) electrons. The molecule has 42 heavy (non-hydrogen) atoms. The van der Waals surface area contributed by atoms with Crippen molar-refractivity contribution < 1.29 is 19.0 Å². The molecule has 4 aliphatic heterocycles. The van der Waals surface area contributed by atoms with Crippen LogP contribution in [0.5, 0.6) is 11.6 Å². The van der Waals surface area contributed by atoms with E-state index in [1.54, 1.807) is 24.5 Å². The summed E-state index contributed by atoms with van der Waals surface area (Å²) in [4.78, 5) is 19.2. The van der Waals surface area contributed by atoms with E-state index < -0.39 is 5.82 Å². The number of hydrogen-bond donors (Lipinski definition) is 2. The van der Waals surface area contributed by atoms with Gasteiger partial charge in [-0.3, -0.25) is 4.90 Å². The maximum Gasteiger partial charge on any atom is 0.247 e. The number of fused-ring (bicyclic) bond motifs is 6. The number of morpholine rings is 1. The first-order chi connectivity index (χ1) is 20.5. The first-order valence-electron chi connectivity index (χ1n) is 14.7. The predicted octanol–water partition coefficient (Wildman–Crippen LogP) is 2.65. The standard InChI is InChI=1S/C31H32FN7O3/c1-2-25-26(32)6-3-18-9-23(40)10-19(27(18)25)12-39-17-33-28-29(39)35-31(38-13-20-4-5-21(14-38)34-20)36-30(28)41-8-7-37-15-24-11-22(37)16-42-24/h1,3,6,9-10,17,20-22,24,34,40H,4-5,7-8,11-16H2. The van der Waals surface area contributed by atoms with Crippen LogP contribution in [0.15, 0.2) is 30.6 Å². The van der Waals surface area contributed by atoms with Gasteiger partial charge in [0, 0.05) is 49.7 Å². The van der Waals surface area contributed by atoms with Gasteiger partial charge >= 0.3 is 0 Å². The number of nitrogens with one attached hydrogen (secondary N) is 1. The molecule has 4 aliphatic rings. The van der Waals surface area contributed by atoms with Crippen LogP contribution in [-0.4, -0.2) is 93.1 Å². The van der Waals surface area contributed by atoms with Crippen LogP contribution in [0.1, 0.15) is 30.4 Å². The monoisotopic (exact) mass is 569 g/mol. The maximum atomic E-state index is 14.7. The molecule has 4 fully saturated rings. The molecule has 2 aromatic heterocycles. The number of aromatic nitrogens is 4. The molecule has 4 aromatic rings. The molecule has 0 saturated carbocycles. The van der Waals surface area contributed by atoms with Gasteiger partial charge in [0.2, 0.25) is 11.8 Å². The zero-order valence-corrected chi connectivity index (χ0v) is 23.2. The fraction of sp³-hybridized carbons (Fsp3) is 0.452. The number of terminal acetylenes is 1. The molecule has 0 aliphatic carbocycles. The molecule has 4 bridgehead atoms. The van der Waals surface area contributed by atoms with Gasteiger partial charge in [0.25, 0.3) is 0 Å². The SMILES string of the molecule is C#Cc1c(F)ccc2cc(O)cc(Cn3cnc4c(OCCN5CC6CC5CO6)nc(N5CC6CCC(C5)N6)nc43)c12. The number of phenols is 1. The van der Waals surface area contributed by atoms with Crippen molar-refractivity contribution in [3.8, 4) is 24.0 Å². The first kappa shape index (κ1) is 25.7. The number of hydrogen-bond acceptors (Lipinski definition) is 9. The second-order valence-corrected chi connectivity index (χ2v) is 11.9. The second kappa shape index (κ2) is 10.1. The summed E-state index contributed by atoms with van der Waals surface area (Å²) in [5.41, 5.74) is 2.02. The van der Waals surface area contributed by atoms with Crippen molar-refractivity contribution in [1.29, 1.82) is 0 Å². The molecule has 0 amide bonds. The molecule has 4 atom stereocenters. The number of anilines is 1. The topological polar surface area (TPSA) is 101 Å². The Kier molecular flexibility index (Phi) is 6.17. The summed E-state index contributed by atoms with van der Waals surface area (Å²) >= 11 is 0. The zero-order chi connectivity index (χ0) is 28.4. The molecule has 0 spiro atoms. The van der Waals surface area contributed by atoms with Crippen LogP contribution in [0.3, 0.4) is 0 Å². The van der Waals surface area contributed by atoms with E-state index in [0.29, 0.717) is 70.2 Å². The van der Waals surface area contributed by atoms with Gasteiger partial charge in [-0.1, -0.05) is 12.0 Å². The van der Waals surface area contributed by atoms with E-state index in [-0.39, 0.29) is 17.9 Å². The van der Waals surface area contributed by atoms with Crippen LogP contribution in [0, 0.1) is 18.2 Å². The van der Waals surface area contributed by atoms with Gasteiger partial charge in [-0.05, 0) is 48.4 Å². The molecule has 2 aromatic carbocycles. The first-order valence-corrected chi connectivity index (χ1v) is 14.7. The summed E-state index contributed by atoms with van der Waals surface area (Å²) in [6.07, 6.45) is 11.1. The van der Waals surface area contributed by atoms with E-state index in [1.807, 2.05) is 4.57 Å². The van der Waals surface area contributed by atoms with Crippen LogP contribution >= 0.6 is 0 Å². The van der Waals surface area contributed by atoms with E-state index in [4.69, 9.17) is 25.9 Å². The van der Waals surface area contributed by atoms with E-state index in [0.717, 1.165) is 52.0 Å². The molecule has 8 rings (SSSR count). The highest BCUT2D eigenvalue weighted by Gasteiger charge is 2.38. The summed E-state index contributed by atoms with van der Waals surface area (Å²) in [5, 5.41) is 15.4. The predicted molar refractivity (Wildman–Crippen MR) is 155 cm³/mol. The molecule has 216 valence electrons. The molecule has 2 N–H and O–H groups in total. The fourth-order valence-corrected chi connectivity index (χ4v) is 7.20. The summed E-state index contributed by atoms with van der Waals surface area (Å²) in [6.45, 7) is 4.93. The van der Waals surface area contributed by atoms with Crippen LogP contribution in [0.4, 0.5) is 10.3 Å². The highest BCUT2D eigenvalue weighted by atomic mass is 19.1. The van der Waals surface area contributed by atoms with Gasteiger partial charge in [-0.25, -0.2) is 9.37 Å². The number of halogens is 1. The summed E-state index contributed by atoms with van der Waals surface area (Å²) in [5.74, 6) is 3.17. The summed E-state index contributed by atoms with van der Waals surface area (Å²) < 4.78 is 28.7. The molecule has 11 heteroatoms. The minimum atomic E-state index is -0.473. The fourth-order valence-electron chi connectivity index (χ4n) is 7.20. The van der Waals surface area contributed by atoms with E-state index in [2.05, 4.69) is 26.0 Å². The number of benzene rings is 2. The Morgan fingerprint density at radius 1 is 1.17 bits per heavy atom. The number of phenolic OH excluding ortho intramolecular Hbond substituents is 1. The lowest BCUT2D eigenvalue weighted by Gasteiger charge is -2.33. The van der Waals surface area contributed by atoms with Crippen LogP contribution in [0.2, 0.25) is 0 Å². The number of ether oxygens (including phenoxy) is 2. The third kappa shape index (κ3) is 4.42. The van der Waals surface area contributed by atoms with Gasteiger partial charge in [0.15, 0.2) is 11.2 Å². The highest BCUT2D eigenvalue weighted by Crippen LogP contribution is 2.33. The average molecular weight is 570 g/mol. The van der Waals surface area contributed by atoms with Gasteiger partial charge in [-0.15, -0.1) is 6.42 Å². The Morgan fingerprint density at radius 3 is 2.79 bits per heavy atom. The molecule has 6 heterocycles. The van der Waals surface area contributed by atoms with Crippen LogP contribution in [0.25, 0.3) is 21.9 Å². The number of rotatable bonds is 7. The molecule has 10 nitrogen and oxygen atoms in total. The largest absolute Gasteiger partial charge is 0.508 e. The number of imidazole rings is 1. The third-order valence-electron chi connectivity index (χ3n) is 9.17. The zero-order valence-electron chi connectivity index (χ0n) is 23.2. The highest BCUT2D eigenvalue weighted by molar-refractivity contribution is 5.92. The van der Waals surface area contributed by atoms with Crippen molar-refractivity contribution in [1.82, 2.24) is 29.7 Å². The van der Waals surface area contributed by atoms with Gasteiger partial charge in [0.1, 0.15) is 18.2 Å². The number of piperazine rings is 1. The Morgan fingerprint density at radius 2 is 2.02 bits per heavy atom. The molecule has 4 unspecified atom stereocenters. The van der Waals surface area contributed by atoms with Crippen molar-refractivity contribution >= 4 is 27.9 Å². The van der Waals surface area contributed by atoms with Crippen LogP contribution < -0.4 is 15.0 Å². The second-order valence-electron chi connectivity index (χ2n) is 11.9. The number of nitrogens with zero attached hydrogens (tertiary/aromatic N) is 6. The van der Waals surface area contributed by atoms with Crippen LogP contribution in [-0.2, 0) is 11.3 Å². The quantitative estimate of drug-likeness (QED) is 0.326. The smallest absolute Gasteiger partial charge is 0.247 e. The Bertz CT molecular complexity index is 1720. The Balaban J connectivity index is 1.16. The van der Waals surface area contributed by atoms with E-state index in [9.17, 15) is 9.50 Å².